The summed E-state index contributed by atoms with van der Waals surface area (Å²) in [6, 6.07) is 8.15. The molecule has 1 aromatic carbocycles. The van der Waals surface area contributed by atoms with Gasteiger partial charge >= 0.3 is 0 Å². The molecule has 0 bridgehead atoms. The van der Waals surface area contributed by atoms with Gasteiger partial charge in [-0.2, -0.15) is 5.10 Å². The summed E-state index contributed by atoms with van der Waals surface area (Å²) < 4.78 is 3.10. The number of benzene rings is 1. The fourth-order valence-electron chi connectivity index (χ4n) is 2.38. The molecule has 0 aliphatic heterocycles. The Hall–Kier alpha value is -0.840. The summed E-state index contributed by atoms with van der Waals surface area (Å²) in [6.45, 7) is 6.22. The Morgan fingerprint density at radius 2 is 2.10 bits per heavy atom. The molecule has 1 aromatic heterocycles. The standard InChI is InChI=1S/C16H21BrClN3/c1-3-8-19-16(13-6-5-12(18)11-14(13)17)15-7-9-20-21(15)10-4-2/h5-7,9,11,16,19H,3-4,8,10H2,1-2H3. The zero-order chi connectivity index (χ0) is 15.2. The molecule has 2 aromatic rings. The summed E-state index contributed by atoms with van der Waals surface area (Å²) in [4.78, 5) is 0. The lowest BCUT2D eigenvalue weighted by Crippen LogP contribution is -2.26. The zero-order valence-electron chi connectivity index (χ0n) is 12.4. The van der Waals surface area contributed by atoms with E-state index in [-0.39, 0.29) is 6.04 Å². The van der Waals surface area contributed by atoms with Crippen molar-refractivity contribution in [3.8, 4) is 0 Å². The van der Waals surface area contributed by atoms with Crippen molar-refractivity contribution in [2.24, 2.45) is 0 Å². The van der Waals surface area contributed by atoms with Crippen LogP contribution < -0.4 is 5.32 Å². The van der Waals surface area contributed by atoms with Gasteiger partial charge in [0.15, 0.2) is 0 Å². The van der Waals surface area contributed by atoms with E-state index in [1.807, 2.05) is 18.3 Å². The quantitative estimate of drug-likeness (QED) is 0.759. The maximum absolute atomic E-state index is 6.06. The summed E-state index contributed by atoms with van der Waals surface area (Å²) in [5.41, 5.74) is 2.37. The second-order valence-electron chi connectivity index (χ2n) is 5.03. The SMILES string of the molecule is CCCNC(c1ccc(Cl)cc1Br)c1ccnn1CCC. The van der Waals surface area contributed by atoms with Crippen LogP contribution >= 0.6 is 27.5 Å². The lowest BCUT2D eigenvalue weighted by Gasteiger charge is -2.22. The van der Waals surface area contributed by atoms with Crippen LogP contribution in [0, 0.1) is 0 Å². The number of nitrogens with zero attached hydrogens (tertiary/aromatic N) is 2. The molecule has 0 amide bonds. The number of nitrogens with one attached hydrogen (secondary N) is 1. The molecule has 0 spiro atoms. The van der Waals surface area contributed by atoms with Gasteiger partial charge in [-0.25, -0.2) is 0 Å². The van der Waals surface area contributed by atoms with Crippen LogP contribution in [0.1, 0.15) is 44.0 Å². The highest BCUT2D eigenvalue weighted by atomic mass is 79.9. The minimum atomic E-state index is 0.116. The Morgan fingerprint density at radius 1 is 1.29 bits per heavy atom. The van der Waals surface area contributed by atoms with E-state index < -0.39 is 0 Å². The summed E-state index contributed by atoms with van der Waals surface area (Å²) in [6.07, 6.45) is 4.02. The normalized spacial score (nSPS) is 12.6. The molecule has 1 unspecified atom stereocenters. The van der Waals surface area contributed by atoms with Gasteiger partial charge in [-0.1, -0.05) is 47.4 Å². The molecule has 0 aliphatic rings. The number of aryl methyl sites for hydroxylation is 1. The van der Waals surface area contributed by atoms with Crippen LogP contribution in [-0.4, -0.2) is 16.3 Å². The molecule has 3 nitrogen and oxygen atoms in total. The molecule has 0 aliphatic carbocycles. The van der Waals surface area contributed by atoms with E-state index >= 15 is 0 Å². The molecule has 2 rings (SSSR count). The molecule has 0 radical (unpaired) electrons. The highest BCUT2D eigenvalue weighted by Crippen LogP contribution is 2.30. The van der Waals surface area contributed by atoms with E-state index in [1.165, 1.54) is 11.3 Å². The van der Waals surface area contributed by atoms with Crippen molar-refractivity contribution in [2.45, 2.75) is 39.3 Å². The van der Waals surface area contributed by atoms with Crippen LogP contribution in [0.25, 0.3) is 0 Å². The van der Waals surface area contributed by atoms with Gasteiger partial charge in [0.1, 0.15) is 0 Å². The highest BCUT2D eigenvalue weighted by Gasteiger charge is 2.20. The molecule has 114 valence electrons. The third kappa shape index (κ3) is 4.09. The number of rotatable bonds is 7. The molecule has 0 saturated heterocycles. The summed E-state index contributed by atoms with van der Waals surface area (Å²) in [5, 5.41) is 8.79. The molecular formula is C16H21BrClN3. The summed E-state index contributed by atoms with van der Waals surface area (Å²) >= 11 is 9.70. The van der Waals surface area contributed by atoms with Crippen molar-refractivity contribution in [1.29, 1.82) is 0 Å². The highest BCUT2D eigenvalue weighted by molar-refractivity contribution is 9.10. The van der Waals surface area contributed by atoms with Crippen LogP contribution in [0.15, 0.2) is 34.9 Å². The van der Waals surface area contributed by atoms with Gasteiger partial charge in [-0.3, -0.25) is 4.68 Å². The van der Waals surface area contributed by atoms with Gasteiger partial charge in [-0.05, 0) is 43.1 Å². The van der Waals surface area contributed by atoms with Crippen molar-refractivity contribution in [3.63, 3.8) is 0 Å². The van der Waals surface area contributed by atoms with Gasteiger partial charge in [0.2, 0.25) is 0 Å². The average Bonchev–Trinajstić information content (AvgIpc) is 2.90. The van der Waals surface area contributed by atoms with Crippen molar-refractivity contribution in [3.05, 3.63) is 51.2 Å². The molecule has 1 N–H and O–H groups in total. The van der Waals surface area contributed by atoms with Gasteiger partial charge in [0.25, 0.3) is 0 Å². The molecule has 21 heavy (non-hydrogen) atoms. The predicted molar refractivity (Wildman–Crippen MR) is 91.8 cm³/mol. The van der Waals surface area contributed by atoms with Crippen molar-refractivity contribution < 1.29 is 0 Å². The van der Waals surface area contributed by atoms with Crippen molar-refractivity contribution >= 4 is 27.5 Å². The molecule has 1 atom stereocenters. The zero-order valence-corrected chi connectivity index (χ0v) is 14.8. The fourth-order valence-corrected chi connectivity index (χ4v) is 3.30. The molecular weight excluding hydrogens is 350 g/mol. The monoisotopic (exact) mass is 369 g/mol. The van der Waals surface area contributed by atoms with Crippen LogP contribution in [0.2, 0.25) is 5.02 Å². The van der Waals surface area contributed by atoms with E-state index in [4.69, 9.17) is 11.6 Å². The minimum absolute atomic E-state index is 0.116. The van der Waals surface area contributed by atoms with Crippen LogP contribution in [0.4, 0.5) is 0 Å². The van der Waals surface area contributed by atoms with Crippen molar-refractivity contribution in [2.75, 3.05) is 6.54 Å². The largest absolute Gasteiger partial charge is 0.305 e. The number of aromatic nitrogens is 2. The third-order valence-electron chi connectivity index (χ3n) is 3.35. The molecule has 0 saturated carbocycles. The number of halogens is 2. The topological polar surface area (TPSA) is 29.9 Å². The second-order valence-corrected chi connectivity index (χ2v) is 6.32. The van der Waals surface area contributed by atoms with Crippen LogP contribution in [0.3, 0.4) is 0 Å². The van der Waals surface area contributed by atoms with E-state index in [9.17, 15) is 0 Å². The van der Waals surface area contributed by atoms with E-state index in [0.717, 1.165) is 35.4 Å². The Bertz CT molecular complexity index is 583. The van der Waals surface area contributed by atoms with Gasteiger partial charge in [0.05, 0.1) is 11.7 Å². The second kappa shape index (κ2) is 7.97. The minimum Gasteiger partial charge on any atom is -0.305 e. The fraction of sp³-hybridized carbons (Fsp3) is 0.438. The maximum atomic E-state index is 6.06. The Morgan fingerprint density at radius 3 is 2.76 bits per heavy atom. The third-order valence-corrected chi connectivity index (χ3v) is 4.27. The van der Waals surface area contributed by atoms with Gasteiger partial charge in [-0.15, -0.1) is 0 Å². The smallest absolute Gasteiger partial charge is 0.0759 e. The van der Waals surface area contributed by atoms with Crippen LogP contribution in [-0.2, 0) is 6.54 Å². The molecule has 0 fully saturated rings. The molecule has 1 heterocycles. The number of hydrogen-bond donors (Lipinski definition) is 1. The van der Waals surface area contributed by atoms with Crippen LogP contribution in [0.5, 0.6) is 0 Å². The van der Waals surface area contributed by atoms with Gasteiger partial charge < -0.3 is 5.32 Å². The summed E-state index contributed by atoms with van der Waals surface area (Å²) in [7, 11) is 0. The first-order valence-corrected chi connectivity index (χ1v) is 8.54. The Kier molecular flexibility index (Phi) is 6.27. The molecule has 5 heteroatoms. The first kappa shape index (κ1) is 16.5. The van der Waals surface area contributed by atoms with E-state index in [2.05, 4.69) is 57.0 Å². The Labute approximate surface area is 139 Å². The van der Waals surface area contributed by atoms with E-state index in [0.29, 0.717) is 0 Å². The van der Waals surface area contributed by atoms with E-state index in [1.54, 1.807) is 0 Å². The Balaban J connectivity index is 2.39. The first-order valence-electron chi connectivity index (χ1n) is 7.37. The predicted octanol–water partition coefficient (Wildman–Crippen LogP) is 4.80. The first-order chi connectivity index (χ1) is 10.2. The lowest BCUT2D eigenvalue weighted by molar-refractivity contribution is 0.511. The van der Waals surface area contributed by atoms with Gasteiger partial charge in [0, 0.05) is 22.2 Å². The lowest BCUT2D eigenvalue weighted by atomic mass is 10.0. The number of hydrogen-bond acceptors (Lipinski definition) is 2. The van der Waals surface area contributed by atoms with Crippen molar-refractivity contribution in [1.82, 2.24) is 15.1 Å². The average molecular weight is 371 g/mol. The summed E-state index contributed by atoms with van der Waals surface area (Å²) in [5.74, 6) is 0. The maximum Gasteiger partial charge on any atom is 0.0759 e.